The minimum absolute atomic E-state index is 0.552. The molecule has 0 saturated heterocycles. The van der Waals surface area contributed by atoms with Crippen LogP contribution in [0.4, 0.5) is 0 Å². The summed E-state index contributed by atoms with van der Waals surface area (Å²) in [4.78, 5) is 11.0. The molecular formula is C21H21ClN2O2. The fraction of sp³-hybridized carbons (Fsp3) is 0.190. The molecule has 4 nitrogen and oxygen atoms in total. The Morgan fingerprint density at radius 1 is 1.15 bits per heavy atom. The van der Waals surface area contributed by atoms with Gasteiger partial charge in [-0.05, 0) is 59.4 Å². The molecule has 134 valence electrons. The van der Waals surface area contributed by atoms with Crippen molar-refractivity contribution in [2.75, 3.05) is 6.54 Å². The smallest absolute Gasteiger partial charge is 0.267 e. The van der Waals surface area contributed by atoms with Crippen molar-refractivity contribution in [3.05, 3.63) is 76.3 Å². The molecular weight excluding hydrogens is 348 g/mol. The highest BCUT2D eigenvalue weighted by molar-refractivity contribution is 6.30. The van der Waals surface area contributed by atoms with E-state index in [1.807, 2.05) is 42.5 Å². The van der Waals surface area contributed by atoms with Crippen LogP contribution in [0.1, 0.15) is 29.5 Å². The van der Waals surface area contributed by atoms with Crippen LogP contribution < -0.4 is 10.8 Å². The van der Waals surface area contributed by atoms with Crippen LogP contribution in [0.15, 0.2) is 54.6 Å². The number of halogens is 1. The molecule has 5 heteroatoms. The molecule has 1 fully saturated rings. The van der Waals surface area contributed by atoms with E-state index in [0.717, 1.165) is 28.3 Å². The highest BCUT2D eigenvalue weighted by atomic mass is 35.5. The van der Waals surface area contributed by atoms with E-state index in [9.17, 15) is 4.79 Å². The van der Waals surface area contributed by atoms with Crippen LogP contribution in [0.5, 0.6) is 0 Å². The summed E-state index contributed by atoms with van der Waals surface area (Å²) in [5.74, 6) is -0.552. The van der Waals surface area contributed by atoms with Gasteiger partial charge in [0.25, 0.3) is 5.91 Å². The summed E-state index contributed by atoms with van der Waals surface area (Å²) in [6, 6.07) is 16.4. The molecule has 0 aromatic heterocycles. The molecule has 3 N–H and O–H groups in total. The fourth-order valence-electron chi connectivity index (χ4n) is 2.58. The average Bonchev–Trinajstić information content (AvgIpc) is 3.48. The number of amides is 1. The molecule has 0 unspecified atom stereocenters. The first-order chi connectivity index (χ1) is 12.6. The molecule has 1 aliphatic carbocycles. The summed E-state index contributed by atoms with van der Waals surface area (Å²) < 4.78 is 0. The van der Waals surface area contributed by atoms with Crippen LogP contribution >= 0.6 is 11.6 Å². The van der Waals surface area contributed by atoms with Gasteiger partial charge in [0.1, 0.15) is 0 Å². The molecule has 26 heavy (non-hydrogen) atoms. The third-order valence-electron chi connectivity index (χ3n) is 4.17. The van der Waals surface area contributed by atoms with Crippen LogP contribution in [0.3, 0.4) is 0 Å². The van der Waals surface area contributed by atoms with Crippen molar-refractivity contribution in [1.82, 2.24) is 10.8 Å². The van der Waals surface area contributed by atoms with Crippen molar-refractivity contribution >= 4 is 35.2 Å². The first-order valence-corrected chi connectivity index (χ1v) is 8.94. The summed E-state index contributed by atoms with van der Waals surface area (Å²) in [5, 5.41) is 12.8. The summed E-state index contributed by atoms with van der Waals surface area (Å²) in [6.45, 7) is 0.795. The largest absolute Gasteiger partial charge is 0.310 e. The van der Waals surface area contributed by atoms with Gasteiger partial charge in [-0.1, -0.05) is 48.0 Å². The third kappa shape index (κ3) is 5.56. The first kappa shape index (κ1) is 18.4. The number of hydrogen-bond donors (Lipinski definition) is 3. The second kappa shape index (κ2) is 8.81. The second-order valence-corrected chi connectivity index (χ2v) is 6.75. The zero-order chi connectivity index (χ0) is 18.4. The minimum Gasteiger partial charge on any atom is -0.310 e. The van der Waals surface area contributed by atoms with Gasteiger partial charge in [-0.25, -0.2) is 5.48 Å². The van der Waals surface area contributed by atoms with E-state index in [2.05, 4.69) is 17.5 Å². The van der Waals surface area contributed by atoms with Crippen LogP contribution in [-0.2, 0) is 4.79 Å². The Morgan fingerprint density at radius 2 is 1.88 bits per heavy atom. The van der Waals surface area contributed by atoms with Crippen molar-refractivity contribution in [3.63, 3.8) is 0 Å². The lowest BCUT2D eigenvalue weighted by Crippen LogP contribution is -2.18. The summed E-state index contributed by atoms with van der Waals surface area (Å²) in [5.41, 5.74) is 5.81. The Kier molecular flexibility index (Phi) is 6.23. The van der Waals surface area contributed by atoms with Gasteiger partial charge in [0.05, 0.1) is 0 Å². The number of hydroxylamine groups is 1. The van der Waals surface area contributed by atoms with E-state index in [0.29, 0.717) is 6.04 Å². The molecule has 2 aromatic carbocycles. The third-order valence-corrected chi connectivity index (χ3v) is 4.40. The van der Waals surface area contributed by atoms with Crippen LogP contribution in [0, 0.1) is 0 Å². The Morgan fingerprint density at radius 3 is 2.54 bits per heavy atom. The minimum atomic E-state index is -0.552. The number of carbonyl (C=O) groups excluding carboxylic acids is 1. The second-order valence-electron chi connectivity index (χ2n) is 6.31. The molecule has 1 saturated carbocycles. The van der Waals surface area contributed by atoms with E-state index < -0.39 is 5.91 Å². The van der Waals surface area contributed by atoms with E-state index in [4.69, 9.17) is 16.8 Å². The molecule has 0 spiro atoms. The number of carbonyl (C=O) groups is 1. The fourth-order valence-corrected chi connectivity index (χ4v) is 2.77. The van der Waals surface area contributed by atoms with Crippen molar-refractivity contribution in [3.8, 4) is 0 Å². The molecule has 1 aliphatic rings. The van der Waals surface area contributed by atoms with Gasteiger partial charge in [-0.15, -0.1) is 0 Å². The normalized spacial score (nSPS) is 14.6. The molecule has 0 aliphatic heterocycles. The van der Waals surface area contributed by atoms with E-state index in [-0.39, 0.29) is 0 Å². The summed E-state index contributed by atoms with van der Waals surface area (Å²) in [7, 11) is 0. The van der Waals surface area contributed by atoms with Crippen molar-refractivity contribution in [2.45, 2.75) is 18.9 Å². The zero-order valence-electron chi connectivity index (χ0n) is 14.3. The maximum atomic E-state index is 11.0. The lowest BCUT2D eigenvalue weighted by molar-refractivity contribution is -0.124. The first-order valence-electron chi connectivity index (χ1n) is 8.56. The van der Waals surface area contributed by atoms with Crippen LogP contribution in [0.25, 0.3) is 17.7 Å². The SMILES string of the molecule is O=C(/C=C/c1ccc(/C=C(/CNC2CC2)c2cccc(Cl)c2)cc1)NO. The average molecular weight is 369 g/mol. The quantitative estimate of drug-likeness (QED) is 0.298. The van der Waals surface area contributed by atoms with Gasteiger partial charge in [-0.2, -0.15) is 0 Å². The van der Waals surface area contributed by atoms with Gasteiger partial charge >= 0.3 is 0 Å². The Bertz CT molecular complexity index is 824. The monoisotopic (exact) mass is 368 g/mol. The summed E-state index contributed by atoms with van der Waals surface area (Å²) in [6.07, 6.45) is 7.55. The molecule has 0 atom stereocenters. The van der Waals surface area contributed by atoms with Gasteiger partial charge in [0.2, 0.25) is 0 Å². The number of rotatable bonds is 7. The van der Waals surface area contributed by atoms with Crippen molar-refractivity contribution < 1.29 is 10.0 Å². The van der Waals surface area contributed by atoms with Crippen molar-refractivity contribution in [1.29, 1.82) is 0 Å². The Balaban J connectivity index is 1.79. The predicted molar refractivity (Wildman–Crippen MR) is 106 cm³/mol. The van der Waals surface area contributed by atoms with Crippen molar-refractivity contribution in [2.24, 2.45) is 0 Å². The highest BCUT2D eigenvalue weighted by Crippen LogP contribution is 2.24. The molecule has 0 bridgehead atoms. The molecule has 3 rings (SSSR count). The number of benzene rings is 2. The predicted octanol–water partition coefficient (Wildman–Crippen LogP) is 4.15. The molecule has 2 aromatic rings. The lowest BCUT2D eigenvalue weighted by Gasteiger charge is -2.10. The topological polar surface area (TPSA) is 61.4 Å². The number of nitrogens with one attached hydrogen (secondary N) is 2. The maximum Gasteiger partial charge on any atom is 0.267 e. The summed E-state index contributed by atoms with van der Waals surface area (Å²) >= 11 is 6.15. The van der Waals surface area contributed by atoms with E-state index in [1.165, 1.54) is 24.5 Å². The standard InChI is InChI=1S/C21H21ClN2O2/c22-19-3-1-2-17(13-19)18(14-23-20-9-10-20)12-16-6-4-15(5-7-16)8-11-21(25)24-26/h1-8,11-13,20,23,26H,9-10,14H2,(H,24,25)/b11-8+,18-12-. The molecule has 1 amide bonds. The van der Waals surface area contributed by atoms with Gasteiger partial charge in [-0.3, -0.25) is 10.0 Å². The lowest BCUT2D eigenvalue weighted by atomic mass is 10.0. The number of hydrogen-bond acceptors (Lipinski definition) is 3. The molecule has 0 radical (unpaired) electrons. The van der Waals surface area contributed by atoms with Gasteiger partial charge in [0, 0.05) is 23.7 Å². The zero-order valence-corrected chi connectivity index (χ0v) is 15.0. The Hall–Kier alpha value is -2.40. The van der Waals surface area contributed by atoms with Gasteiger partial charge in [0.15, 0.2) is 0 Å². The maximum absolute atomic E-state index is 11.0. The van der Waals surface area contributed by atoms with Gasteiger partial charge < -0.3 is 5.32 Å². The Labute approximate surface area is 158 Å². The van der Waals surface area contributed by atoms with E-state index >= 15 is 0 Å². The van der Waals surface area contributed by atoms with Crippen LogP contribution in [-0.4, -0.2) is 23.7 Å². The molecule has 0 heterocycles. The highest BCUT2D eigenvalue weighted by Gasteiger charge is 2.20. The van der Waals surface area contributed by atoms with E-state index in [1.54, 1.807) is 11.6 Å². The van der Waals surface area contributed by atoms with Crippen LogP contribution in [0.2, 0.25) is 5.02 Å².